The summed E-state index contributed by atoms with van der Waals surface area (Å²) in [5.74, 6) is -1.90. The molecule has 9 nitrogen and oxygen atoms in total. The number of rotatable bonds is 5. The van der Waals surface area contributed by atoms with Crippen LogP contribution in [0, 0.1) is 6.92 Å². The molecule has 1 aromatic rings. The van der Waals surface area contributed by atoms with Crippen molar-refractivity contribution in [3.05, 3.63) is 29.8 Å². The molecule has 2 aliphatic heterocycles. The van der Waals surface area contributed by atoms with Crippen molar-refractivity contribution in [1.82, 2.24) is 9.03 Å². The van der Waals surface area contributed by atoms with Gasteiger partial charge in [0.1, 0.15) is 6.04 Å². The van der Waals surface area contributed by atoms with E-state index in [0.717, 1.165) is 10.5 Å². The Hall–Kier alpha value is -1.76. The fourth-order valence-corrected chi connectivity index (χ4v) is 6.54. The molecule has 3 rings (SSSR count). The minimum absolute atomic E-state index is 0.0406. The lowest BCUT2D eigenvalue weighted by atomic mass is 9.98. The topological polar surface area (TPSA) is 133 Å². The van der Waals surface area contributed by atoms with Crippen molar-refractivity contribution in [3.63, 3.8) is 0 Å². The van der Waals surface area contributed by atoms with Crippen LogP contribution in [0.2, 0.25) is 0 Å². The maximum Gasteiger partial charge on any atom is 0.328 e. The van der Waals surface area contributed by atoms with Crippen LogP contribution in [0.15, 0.2) is 33.6 Å². The molecule has 12 heteroatoms. The van der Waals surface area contributed by atoms with E-state index in [-0.39, 0.29) is 10.6 Å². The van der Waals surface area contributed by atoms with E-state index in [9.17, 15) is 27.3 Å². The number of aliphatic carboxylic acids is 1. The second-order valence-electron chi connectivity index (χ2n) is 6.67. The predicted molar refractivity (Wildman–Crippen MR) is 101 cm³/mol. The molecule has 0 aromatic heterocycles. The van der Waals surface area contributed by atoms with Crippen LogP contribution in [0.25, 0.3) is 0 Å². The third-order valence-corrected chi connectivity index (χ3v) is 8.93. The molecule has 27 heavy (non-hydrogen) atoms. The van der Waals surface area contributed by atoms with Gasteiger partial charge in [0.25, 0.3) is 15.9 Å². The third kappa shape index (κ3) is 3.20. The van der Waals surface area contributed by atoms with Crippen LogP contribution in [0.4, 0.5) is 0 Å². The smallest absolute Gasteiger partial charge is 0.328 e. The van der Waals surface area contributed by atoms with Gasteiger partial charge in [-0.05, 0) is 32.9 Å². The fraction of sp³-hybridized carbons (Fsp3) is 0.400. The molecule has 0 radical (unpaired) electrons. The number of carbonyl (C=O) groups is 2. The van der Waals surface area contributed by atoms with Crippen LogP contribution >= 0.6 is 12.1 Å². The molecule has 0 saturated carbocycles. The maximum absolute atomic E-state index is 12.6. The van der Waals surface area contributed by atoms with E-state index in [4.69, 9.17) is 0 Å². The number of amides is 1. The van der Waals surface area contributed by atoms with Crippen LogP contribution in [-0.4, -0.2) is 56.4 Å². The molecule has 0 spiro atoms. The molecule has 2 aliphatic rings. The van der Waals surface area contributed by atoms with Gasteiger partial charge in [-0.15, -0.1) is 4.13 Å². The van der Waals surface area contributed by atoms with Gasteiger partial charge in [-0.3, -0.25) is 9.00 Å². The van der Waals surface area contributed by atoms with Crippen LogP contribution in [0.1, 0.15) is 19.4 Å². The van der Waals surface area contributed by atoms with Crippen molar-refractivity contribution in [3.8, 4) is 0 Å². The lowest BCUT2D eigenvalue weighted by molar-refractivity contribution is -0.150. The zero-order chi connectivity index (χ0) is 20.1. The summed E-state index contributed by atoms with van der Waals surface area (Å²) < 4.78 is 41.9. The molecule has 2 N–H and O–H groups in total. The number of carbonyl (C=O) groups excluding carboxylic acids is 1. The van der Waals surface area contributed by atoms with E-state index in [2.05, 4.69) is 8.53 Å². The highest BCUT2D eigenvalue weighted by molar-refractivity contribution is 8.08. The molecule has 146 valence electrons. The number of sulfonamides is 1. The van der Waals surface area contributed by atoms with Gasteiger partial charge in [0.2, 0.25) is 0 Å². The Morgan fingerprint density at radius 2 is 1.93 bits per heavy atom. The first-order valence-electron chi connectivity index (χ1n) is 7.77. The number of hydrogen-bond donors (Lipinski definition) is 2. The van der Waals surface area contributed by atoms with E-state index in [0.29, 0.717) is 12.1 Å². The fourth-order valence-electron chi connectivity index (χ4n) is 2.98. The van der Waals surface area contributed by atoms with Gasteiger partial charge in [0.15, 0.2) is 11.1 Å². The number of β-lactam (4-membered cyclic amide) rings is 1. The number of fused-ring (bicyclic) bond motifs is 1. The summed E-state index contributed by atoms with van der Waals surface area (Å²) in [7, 11) is -5.53. The monoisotopic (exact) mass is 431 g/mol. The number of nitrogens with one attached hydrogen (secondary N) is 1. The highest BCUT2D eigenvalue weighted by atomic mass is 32.3. The van der Waals surface area contributed by atoms with Crippen molar-refractivity contribution in [2.75, 3.05) is 0 Å². The number of carboxylic acid groups (broad SMARTS) is 1. The van der Waals surface area contributed by atoms with E-state index in [1.807, 2.05) is 6.92 Å². The number of benzene rings is 1. The van der Waals surface area contributed by atoms with Gasteiger partial charge in [-0.25, -0.2) is 13.2 Å². The molecule has 1 unspecified atom stereocenters. The van der Waals surface area contributed by atoms with E-state index >= 15 is 0 Å². The average Bonchev–Trinajstić information content (AvgIpc) is 2.76. The minimum atomic E-state index is -3.85. The molecule has 2 heterocycles. The normalized spacial score (nSPS) is 28.1. The quantitative estimate of drug-likeness (QED) is 0.510. The largest absolute Gasteiger partial charge is 0.480 e. The highest BCUT2D eigenvalue weighted by Crippen LogP contribution is 2.42. The highest BCUT2D eigenvalue weighted by Gasteiger charge is 2.66. The summed E-state index contributed by atoms with van der Waals surface area (Å²) in [6.07, 6.45) is 0. The van der Waals surface area contributed by atoms with Crippen LogP contribution in [0.5, 0.6) is 0 Å². The molecular weight excluding hydrogens is 414 g/mol. The molecule has 2 fully saturated rings. The van der Waals surface area contributed by atoms with Gasteiger partial charge in [-0.1, -0.05) is 17.7 Å². The summed E-state index contributed by atoms with van der Waals surface area (Å²) >= 11 is 0.428. The Labute approximate surface area is 163 Å². The molecule has 1 aromatic carbocycles. The number of aryl methyl sites for hydroxylation is 1. The van der Waals surface area contributed by atoms with Crippen LogP contribution in [-0.2, 0) is 30.4 Å². The Balaban J connectivity index is 1.76. The Morgan fingerprint density at radius 1 is 1.33 bits per heavy atom. The van der Waals surface area contributed by atoms with Gasteiger partial charge in [0.05, 0.1) is 32.6 Å². The lowest BCUT2D eigenvalue weighted by Gasteiger charge is -2.36. The third-order valence-electron chi connectivity index (χ3n) is 4.45. The van der Waals surface area contributed by atoms with Crippen molar-refractivity contribution in [2.45, 2.75) is 41.8 Å². The van der Waals surface area contributed by atoms with Crippen molar-refractivity contribution in [1.29, 1.82) is 0 Å². The Kier molecular flexibility index (Phi) is 4.95. The SMILES string of the molecule is Cc1ccc(S(=O)(=O)NSN=C2C(=O)N3[C@@H]2S(=O)C(C)(C)[C@@H]3C(=O)O)cc1. The summed E-state index contributed by atoms with van der Waals surface area (Å²) in [6.45, 7) is 4.85. The maximum atomic E-state index is 12.6. The average molecular weight is 432 g/mol. The second kappa shape index (κ2) is 6.69. The summed E-state index contributed by atoms with van der Waals surface area (Å²) in [6, 6.07) is 4.95. The molecule has 2 saturated heterocycles. The first kappa shape index (κ1) is 20.0. The van der Waals surface area contributed by atoms with E-state index in [1.165, 1.54) is 26.0 Å². The van der Waals surface area contributed by atoms with Gasteiger partial charge in [0, 0.05) is 0 Å². The van der Waals surface area contributed by atoms with Crippen molar-refractivity contribution >= 4 is 50.5 Å². The van der Waals surface area contributed by atoms with Crippen molar-refractivity contribution < 1.29 is 27.3 Å². The standard InChI is InChI=1S/C15H17N3O6S3/c1-8-4-6-9(7-5-8)27(23,24)17-25-16-10-12(19)18-11(14(20)21)15(2,3)26(22)13(10)18/h4-7,11,13,17H,1-3H3,(H,20,21)/t11-,13+,26?/m0/s1. The van der Waals surface area contributed by atoms with Gasteiger partial charge >= 0.3 is 5.97 Å². The first-order valence-corrected chi connectivity index (χ1v) is 11.2. The Bertz CT molecular complexity index is 971. The number of nitrogens with zero attached hydrogens (tertiary/aromatic N) is 2. The first-order chi connectivity index (χ1) is 12.5. The second-order valence-corrected chi connectivity index (χ2v) is 11.3. The lowest BCUT2D eigenvalue weighted by Crippen LogP contribution is -2.63. The van der Waals surface area contributed by atoms with Gasteiger partial charge < -0.3 is 10.0 Å². The molecule has 0 aliphatic carbocycles. The van der Waals surface area contributed by atoms with Crippen LogP contribution in [0.3, 0.4) is 0 Å². The van der Waals surface area contributed by atoms with Crippen molar-refractivity contribution in [2.24, 2.45) is 4.40 Å². The van der Waals surface area contributed by atoms with Crippen LogP contribution < -0.4 is 4.13 Å². The zero-order valence-electron chi connectivity index (χ0n) is 14.6. The number of hydrogen-bond acceptors (Lipinski definition) is 7. The molecule has 1 amide bonds. The van der Waals surface area contributed by atoms with E-state index in [1.54, 1.807) is 12.1 Å². The molecule has 3 atom stereocenters. The molecular formula is C15H17N3O6S3. The van der Waals surface area contributed by atoms with Gasteiger partial charge in [-0.2, -0.15) is 4.40 Å². The summed E-state index contributed by atoms with van der Waals surface area (Å²) in [5, 5.41) is 8.40. The summed E-state index contributed by atoms with van der Waals surface area (Å²) in [4.78, 5) is 24.8. The Morgan fingerprint density at radius 3 is 2.48 bits per heavy atom. The predicted octanol–water partition coefficient (Wildman–Crippen LogP) is 0.440. The zero-order valence-corrected chi connectivity index (χ0v) is 17.0. The van der Waals surface area contributed by atoms with E-state index < -0.39 is 48.9 Å². The number of carboxylic acids is 1. The minimum Gasteiger partial charge on any atom is -0.480 e. The molecule has 0 bridgehead atoms. The summed E-state index contributed by atoms with van der Waals surface area (Å²) in [5.41, 5.74) is 0.795.